The van der Waals surface area contributed by atoms with Gasteiger partial charge >= 0.3 is 0 Å². The number of imidazole rings is 1. The molecule has 0 saturated heterocycles. The maximum absolute atomic E-state index is 5.32. The molecule has 0 bridgehead atoms. The van der Waals surface area contributed by atoms with Crippen LogP contribution >= 0.6 is 0 Å². The van der Waals surface area contributed by atoms with E-state index < -0.39 is 0 Å². The van der Waals surface area contributed by atoms with E-state index >= 15 is 0 Å². The normalized spacial score (nSPS) is 12.4. The van der Waals surface area contributed by atoms with Gasteiger partial charge in [0.25, 0.3) is 0 Å². The van der Waals surface area contributed by atoms with Crippen molar-refractivity contribution in [3.8, 4) is 17.1 Å². The number of rotatable bonds is 2. The highest BCUT2D eigenvalue weighted by atomic mass is 16.5. The molecule has 7 nitrogen and oxygen atoms in total. The zero-order valence-corrected chi connectivity index (χ0v) is 14.9. The maximum atomic E-state index is 5.32. The summed E-state index contributed by atoms with van der Waals surface area (Å²) in [4.78, 5) is 9.31. The molecule has 0 amide bonds. The molecule has 0 atom stereocenters. The van der Waals surface area contributed by atoms with Crippen molar-refractivity contribution < 1.29 is 4.52 Å². The molecule has 3 aromatic heterocycles. The zero-order chi connectivity index (χ0) is 17.8. The van der Waals surface area contributed by atoms with Crippen molar-refractivity contribution in [3.63, 3.8) is 0 Å². The van der Waals surface area contributed by atoms with Crippen LogP contribution in [0.15, 0.2) is 35.1 Å². The summed E-state index contributed by atoms with van der Waals surface area (Å²) in [5, 5.41) is 8.68. The van der Waals surface area contributed by atoms with E-state index in [-0.39, 0.29) is 0 Å². The average molecular weight is 346 g/mol. The van der Waals surface area contributed by atoms with Crippen molar-refractivity contribution in [3.05, 3.63) is 64.8 Å². The SMILES string of the molecule is Cc1ccc2c(c1)-c1nc(Cc3cc(C)no3)nn1Cc1c(C)ncn1-2. The van der Waals surface area contributed by atoms with Gasteiger partial charge in [-0.25, -0.2) is 14.6 Å². The Balaban J connectivity index is 1.67. The van der Waals surface area contributed by atoms with Crippen LogP contribution in [0.4, 0.5) is 0 Å². The molecule has 0 saturated carbocycles. The van der Waals surface area contributed by atoms with Gasteiger partial charge in [-0.05, 0) is 32.9 Å². The minimum Gasteiger partial charge on any atom is -0.361 e. The van der Waals surface area contributed by atoms with Gasteiger partial charge in [0.15, 0.2) is 11.6 Å². The second kappa shape index (κ2) is 5.39. The van der Waals surface area contributed by atoms with Crippen LogP contribution in [0.25, 0.3) is 17.1 Å². The predicted molar refractivity (Wildman–Crippen MR) is 95.2 cm³/mol. The molecule has 0 aliphatic carbocycles. The van der Waals surface area contributed by atoms with Crippen molar-refractivity contribution in [1.82, 2.24) is 29.5 Å². The Hall–Kier alpha value is -3.22. The van der Waals surface area contributed by atoms with Crippen LogP contribution in [0.2, 0.25) is 0 Å². The quantitative estimate of drug-likeness (QED) is 0.491. The van der Waals surface area contributed by atoms with Crippen molar-refractivity contribution in [2.75, 3.05) is 0 Å². The van der Waals surface area contributed by atoms with Gasteiger partial charge in [-0.1, -0.05) is 16.8 Å². The molecule has 0 spiro atoms. The maximum Gasteiger partial charge on any atom is 0.160 e. The molecule has 0 fully saturated rings. The molecule has 1 aliphatic heterocycles. The summed E-state index contributed by atoms with van der Waals surface area (Å²) in [5.41, 5.74) is 6.33. The van der Waals surface area contributed by atoms with Gasteiger partial charge in [0, 0.05) is 11.6 Å². The Labute approximate surface area is 150 Å². The topological polar surface area (TPSA) is 74.6 Å². The second-order valence-electron chi connectivity index (χ2n) is 6.79. The summed E-state index contributed by atoms with van der Waals surface area (Å²) in [6.07, 6.45) is 2.41. The van der Waals surface area contributed by atoms with Crippen LogP contribution in [0, 0.1) is 20.8 Å². The van der Waals surface area contributed by atoms with Gasteiger partial charge in [0.05, 0.1) is 42.1 Å². The molecule has 4 aromatic rings. The summed E-state index contributed by atoms with van der Waals surface area (Å²) in [7, 11) is 0. The average Bonchev–Trinajstić information content (AvgIpc) is 3.28. The lowest BCUT2D eigenvalue weighted by Gasteiger charge is -2.09. The number of aromatic nitrogens is 6. The Bertz CT molecular complexity index is 1130. The fourth-order valence-electron chi connectivity index (χ4n) is 3.47. The number of hydrogen-bond donors (Lipinski definition) is 0. The molecule has 4 heterocycles. The van der Waals surface area contributed by atoms with Crippen LogP contribution < -0.4 is 0 Å². The van der Waals surface area contributed by atoms with Gasteiger partial charge in [0.1, 0.15) is 5.76 Å². The third kappa shape index (κ3) is 2.28. The fourth-order valence-corrected chi connectivity index (χ4v) is 3.47. The first-order chi connectivity index (χ1) is 12.6. The van der Waals surface area contributed by atoms with E-state index in [1.54, 1.807) is 0 Å². The highest BCUT2D eigenvalue weighted by molar-refractivity contribution is 5.70. The lowest BCUT2D eigenvalue weighted by atomic mass is 10.1. The second-order valence-corrected chi connectivity index (χ2v) is 6.79. The molecule has 1 aliphatic rings. The third-order valence-corrected chi connectivity index (χ3v) is 4.75. The van der Waals surface area contributed by atoms with Gasteiger partial charge in [-0.3, -0.25) is 0 Å². The fraction of sp³-hybridized carbons (Fsp3) is 0.263. The van der Waals surface area contributed by atoms with Crippen LogP contribution in [-0.4, -0.2) is 29.5 Å². The van der Waals surface area contributed by atoms with Crippen LogP contribution in [0.3, 0.4) is 0 Å². The Morgan fingerprint density at radius 3 is 2.85 bits per heavy atom. The molecule has 0 radical (unpaired) electrons. The highest BCUT2D eigenvalue weighted by Crippen LogP contribution is 2.32. The molecular weight excluding hydrogens is 328 g/mol. The first-order valence-corrected chi connectivity index (χ1v) is 8.58. The Kier molecular flexibility index (Phi) is 3.12. The lowest BCUT2D eigenvalue weighted by Crippen LogP contribution is -2.06. The molecule has 130 valence electrons. The highest BCUT2D eigenvalue weighted by Gasteiger charge is 2.24. The van der Waals surface area contributed by atoms with E-state index in [0.717, 1.165) is 45.7 Å². The largest absolute Gasteiger partial charge is 0.361 e. The van der Waals surface area contributed by atoms with E-state index in [1.165, 1.54) is 5.56 Å². The van der Waals surface area contributed by atoms with Crippen LogP contribution in [0.5, 0.6) is 0 Å². The molecule has 0 unspecified atom stereocenters. The van der Waals surface area contributed by atoms with Gasteiger partial charge in [-0.2, -0.15) is 5.10 Å². The van der Waals surface area contributed by atoms with Crippen molar-refractivity contribution in [2.45, 2.75) is 33.7 Å². The summed E-state index contributed by atoms with van der Waals surface area (Å²) in [6.45, 7) is 6.66. The summed E-state index contributed by atoms with van der Waals surface area (Å²) < 4.78 is 9.42. The van der Waals surface area contributed by atoms with E-state index in [2.05, 4.69) is 39.8 Å². The Morgan fingerprint density at radius 2 is 2.04 bits per heavy atom. The third-order valence-electron chi connectivity index (χ3n) is 4.75. The van der Waals surface area contributed by atoms with E-state index in [1.807, 2.05) is 30.9 Å². The molecule has 7 heteroatoms. The van der Waals surface area contributed by atoms with Gasteiger partial charge in [0.2, 0.25) is 0 Å². The zero-order valence-electron chi connectivity index (χ0n) is 14.9. The number of nitrogens with zero attached hydrogens (tertiary/aromatic N) is 6. The number of fused-ring (bicyclic) bond motifs is 5. The van der Waals surface area contributed by atoms with E-state index in [9.17, 15) is 0 Å². The molecule has 0 N–H and O–H groups in total. The minimum absolute atomic E-state index is 0.528. The molecule has 26 heavy (non-hydrogen) atoms. The summed E-state index contributed by atoms with van der Waals surface area (Å²) in [6, 6.07) is 8.31. The van der Waals surface area contributed by atoms with Gasteiger partial charge < -0.3 is 9.09 Å². The molecular formula is C19H18N6O. The van der Waals surface area contributed by atoms with Crippen molar-refractivity contribution >= 4 is 0 Å². The number of hydrogen-bond acceptors (Lipinski definition) is 5. The molecule has 1 aromatic carbocycles. The van der Waals surface area contributed by atoms with Crippen molar-refractivity contribution in [1.29, 1.82) is 0 Å². The summed E-state index contributed by atoms with van der Waals surface area (Å²) in [5.74, 6) is 2.38. The van der Waals surface area contributed by atoms with Crippen molar-refractivity contribution in [2.24, 2.45) is 0 Å². The van der Waals surface area contributed by atoms with E-state index in [0.29, 0.717) is 13.0 Å². The number of benzene rings is 1. The van der Waals surface area contributed by atoms with Gasteiger partial charge in [-0.15, -0.1) is 0 Å². The summed E-state index contributed by atoms with van der Waals surface area (Å²) >= 11 is 0. The smallest absolute Gasteiger partial charge is 0.160 e. The predicted octanol–water partition coefficient (Wildman–Crippen LogP) is 3.00. The number of aryl methyl sites for hydroxylation is 3. The monoisotopic (exact) mass is 346 g/mol. The standard InChI is InChI=1S/C19H18N6O/c1-11-4-5-16-15(6-11)19-21-18(8-14-7-12(2)23-26-14)22-25(19)9-17-13(3)20-10-24(16)17/h4-7,10H,8-9H2,1-3H3. The molecule has 5 rings (SSSR count). The van der Waals surface area contributed by atoms with E-state index in [4.69, 9.17) is 14.6 Å². The van der Waals surface area contributed by atoms with Crippen LogP contribution in [0.1, 0.15) is 34.2 Å². The first-order valence-electron chi connectivity index (χ1n) is 8.58. The minimum atomic E-state index is 0.528. The Morgan fingerprint density at radius 1 is 1.15 bits per heavy atom. The lowest BCUT2D eigenvalue weighted by molar-refractivity contribution is 0.384. The van der Waals surface area contributed by atoms with Crippen LogP contribution in [-0.2, 0) is 13.0 Å². The first kappa shape index (κ1) is 15.1.